The van der Waals surface area contributed by atoms with E-state index in [1.54, 1.807) is 0 Å². The molecule has 0 unspecified atom stereocenters. The van der Waals surface area contributed by atoms with Gasteiger partial charge in [-0.2, -0.15) is 0 Å². The van der Waals surface area contributed by atoms with Gasteiger partial charge in [-0.05, 0) is 0 Å². The molecule has 6 heavy (non-hydrogen) atoms. The van der Waals surface area contributed by atoms with Gasteiger partial charge in [0.15, 0.2) is 0 Å². The van der Waals surface area contributed by atoms with E-state index >= 15 is 0 Å². The minimum absolute atomic E-state index is 1.06. The van der Waals surface area contributed by atoms with E-state index in [9.17, 15) is 0 Å². The Morgan fingerprint density at radius 1 is 1.33 bits per heavy atom. The summed E-state index contributed by atoms with van der Waals surface area (Å²) >= 11 is 0. The van der Waals surface area contributed by atoms with Gasteiger partial charge in [0, 0.05) is 14.2 Å². The van der Waals surface area contributed by atoms with E-state index in [4.69, 9.17) is 5.73 Å². The molecule has 0 aromatic carbocycles. The van der Waals surface area contributed by atoms with Crippen LogP contribution in [0.15, 0.2) is 0 Å². The molecule has 2 radical (unpaired) electrons. The summed E-state index contributed by atoms with van der Waals surface area (Å²) in [7, 11) is 2.71. The van der Waals surface area contributed by atoms with Gasteiger partial charge in [-0.25, -0.2) is 0 Å². The molecule has 0 amide bonds. The molecule has 0 aliphatic carbocycles. The van der Waals surface area contributed by atoms with E-state index in [2.05, 4.69) is 9.47 Å². The summed E-state index contributed by atoms with van der Waals surface area (Å²) in [6.07, 6.45) is -1.06. The summed E-state index contributed by atoms with van der Waals surface area (Å²) in [4.78, 5) is 0. The van der Waals surface area contributed by atoms with Crippen molar-refractivity contribution in [3.8, 4) is 0 Å². The van der Waals surface area contributed by atoms with Gasteiger partial charge in [-0.15, -0.1) is 0 Å². The van der Waals surface area contributed by atoms with Crippen LogP contribution in [0, 0.1) is 0 Å². The van der Waals surface area contributed by atoms with Gasteiger partial charge in [-0.1, -0.05) is 5.73 Å². The van der Waals surface area contributed by atoms with Crippen molar-refractivity contribution in [2.45, 2.75) is 6.41 Å². The zero-order valence-corrected chi connectivity index (χ0v) is 3.84. The molecule has 36 valence electrons. The van der Waals surface area contributed by atoms with Crippen molar-refractivity contribution in [1.29, 1.82) is 0 Å². The van der Waals surface area contributed by atoms with E-state index in [1.165, 1.54) is 14.2 Å². The fraction of sp³-hybridized carbons (Fsp3) is 1.00. The lowest BCUT2D eigenvalue weighted by molar-refractivity contribution is -0.102. The van der Waals surface area contributed by atoms with Crippen molar-refractivity contribution in [3.63, 3.8) is 0 Å². The Hall–Kier alpha value is -0.120. The zero-order valence-electron chi connectivity index (χ0n) is 3.84. The predicted molar refractivity (Wildman–Crippen MR) is 19.9 cm³/mol. The van der Waals surface area contributed by atoms with Crippen molar-refractivity contribution in [2.24, 2.45) is 0 Å². The maximum absolute atomic E-state index is 8.22. The monoisotopic (exact) mass is 89.0 g/mol. The maximum atomic E-state index is 8.22. The Kier molecular flexibility index (Phi) is 3.02. The first-order valence-corrected chi connectivity index (χ1v) is 1.55. The molecule has 0 fully saturated rings. The van der Waals surface area contributed by atoms with E-state index in [0.29, 0.717) is 0 Å². The zero-order chi connectivity index (χ0) is 4.99. The lowest BCUT2D eigenvalue weighted by Crippen LogP contribution is -2.12. The number of methoxy groups -OCH3 is 2. The second-order valence-corrected chi connectivity index (χ2v) is 0.778. The van der Waals surface area contributed by atoms with Gasteiger partial charge in [0.05, 0.1) is 0 Å². The predicted octanol–water partition coefficient (Wildman–Crippen LogP) is -0.369. The average molecular weight is 89.1 g/mol. The Morgan fingerprint density at radius 3 is 1.67 bits per heavy atom. The average Bonchev–Trinajstić information content (AvgIpc) is 1.65. The van der Waals surface area contributed by atoms with Gasteiger partial charge < -0.3 is 9.47 Å². The standard InChI is InChI=1S/C3H7NO2/c1-5-3(4)6-2/h3H,1-2H3. The molecule has 0 aliphatic heterocycles. The van der Waals surface area contributed by atoms with Crippen LogP contribution < -0.4 is 5.73 Å². The first kappa shape index (κ1) is 5.88. The van der Waals surface area contributed by atoms with Crippen LogP contribution >= 0.6 is 0 Å². The molecule has 0 aromatic heterocycles. The Morgan fingerprint density at radius 2 is 1.67 bits per heavy atom. The van der Waals surface area contributed by atoms with Gasteiger partial charge in [0.25, 0.3) is 0 Å². The second-order valence-electron chi connectivity index (χ2n) is 0.778. The van der Waals surface area contributed by atoms with Crippen molar-refractivity contribution < 1.29 is 9.47 Å². The van der Waals surface area contributed by atoms with Crippen LogP contribution in [-0.4, -0.2) is 20.6 Å². The van der Waals surface area contributed by atoms with E-state index in [1.807, 2.05) is 0 Å². The van der Waals surface area contributed by atoms with Crippen molar-refractivity contribution in [1.82, 2.24) is 5.73 Å². The molecule has 0 N–H and O–H groups in total. The molecule has 0 atom stereocenters. The van der Waals surface area contributed by atoms with Crippen LogP contribution in [0.3, 0.4) is 0 Å². The fourth-order valence-electron chi connectivity index (χ4n) is 0.0962. The quantitative estimate of drug-likeness (QED) is 0.433. The summed E-state index contributed by atoms with van der Waals surface area (Å²) in [5.41, 5.74) is 8.22. The van der Waals surface area contributed by atoms with Gasteiger partial charge in [0.2, 0.25) is 6.41 Å². The molecule has 0 saturated heterocycles. The largest absolute Gasteiger partial charge is 0.341 e. The van der Waals surface area contributed by atoms with Crippen LogP contribution in [0.2, 0.25) is 0 Å². The minimum atomic E-state index is -1.06. The molecular formula is C3H7NO2. The number of hydrogen-bond donors (Lipinski definition) is 0. The normalized spacial score (nSPS) is 10.0. The third-order valence-electron chi connectivity index (χ3n) is 0.403. The molecule has 0 rings (SSSR count). The maximum Gasteiger partial charge on any atom is 0.247 e. The Balaban J connectivity index is 2.75. The highest BCUT2D eigenvalue weighted by Crippen LogP contribution is 1.76. The van der Waals surface area contributed by atoms with E-state index in [-0.39, 0.29) is 0 Å². The number of hydrogen-bond acceptors (Lipinski definition) is 2. The van der Waals surface area contributed by atoms with E-state index < -0.39 is 6.41 Å². The number of ether oxygens (including phenoxy) is 2. The van der Waals surface area contributed by atoms with Crippen molar-refractivity contribution >= 4 is 0 Å². The van der Waals surface area contributed by atoms with Crippen LogP contribution in [0.5, 0.6) is 0 Å². The highest BCUT2D eigenvalue weighted by Gasteiger charge is 1.91. The summed E-state index contributed by atoms with van der Waals surface area (Å²) in [6, 6.07) is 0. The Bertz CT molecular complexity index is 28.0. The highest BCUT2D eigenvalue weighted by molar-refractivity contribution is 4.11. The first-order chi connectivity index (χ1) is 2.81. The highest BCUT2D eigenvalue weighted by atomic mass is 16.7. The number of rotatable bonds is 2. The topological polar surface area (TPSA) is 40.8 Å². The lowest BCUT2D eigenvalue weighted by atomic mass is 11.1. The van der Waals surface area contributed by atoms with Crippen molar-refractivity contribution in [2.75, 3.05) is 14.2 Å². The molecule has 0 bridgehead atoms. The summed E-state index contributed by atoms with van der Waals surface area (Å²) in [5.74, 6) is 0. The van der Waals surface area contributed by atoms with Crippen LogP contribution in [-0.2, 0) is 9.47 Å². The smallest absolute Gasteiger partial charge is 0.247 e. The molecule has 0 aliphatic rings. The fourth-order valence-corrected chi connectivity index (χ4v) is 0.0962. The molecule has 0 spiro atoms. The third kappa shape index (κ3) is 2.14. The molecule has 0 aromatic rings. The summed E-state index contributed by atoms with van der Waals surface area (Å²) in [6.45, 7) is 0. The van der Waals surface area contributed by atoms with Crippen LogP contribution in [0.1, 0.15) is 0 Å². The number of nitrogens with zero attached hydrogens (tertiary/aromatic N) is 1. The van der Waals surface area contributed by atoms with Gasteiger partial charge >= 0.3 is 0 Å². The SMILES string of the molecule is COC([N])OC. The Labute approximate surface area is 37.0 Å². The third-order valence-corrected chi connectivity index (χ3v) is 0.403. The molecular weight excluding hydrogens is 82.0 g/mol. The minimum Gasteiger partial charge on any atom is -0.341 e. The molecule has 3 nitrogen and oxygen atoms in total. The summed E-state index contributed by atoms with van der Waals surface area (Å²) in [5, 5.41) is 0. The lowest BCUT2D eigenvalue weighted by Gasteiger charge is -1.99. The molecule has 3 heteroatoms. The second kappa shape index (κ2) is 3.08. The van der Waals surface area contributed by atoms with Crippen LogP contribution in [0.4, 0.5) is 0 Å². The molecule has 0 heterocycles. The van der Waals surface area contributed by atoms with Crippen molar-refractivity contribution in [3.05, 3.63) is 0 Å². The first-order valence-electron chi connectivity index (χ1n) is 1.55. The van der Waals surface area contributed by atoms with Gasteiger partial charge in [-0.3, -0.25) is 0 Å². The van der Waals surface area contributed by atoms with E-state index in [0.717, 1.165) is 0 Å². The summed E-state index contributed by atoms with van der Waals surface area (Å²) < 4.78 is 8.47. The molecule has 0 saturated carbocycles. The van der Waals surface area contributed by atoms with Crippen LogP contribution in [0.25, 0.3) is 0 Å². The van der Waals surface area contributed by atoms with Gasteiger partial charge in [0.1, 0.15) is 0 Å².